The van der Waals surface area contributed by atoms with E-state index in [4.69, 9.17) is 15.0 Å². The molecule has 8 heteroatoms. The van der Waals surface area contributed by atoms with E-state index in [1.54, 1.807) is 19.1 Å². The summed E-state index contributed by atoms with van der Waals surface area (Å²) < 4.78 is 10.8. The molecule has 4 rings (SSSR count). The van der Waals surface area contributed by atoms with Crippen LogP contribution in [0.5, 0.6) is 5.75 Å². The molecule has 0 radical (unpaired) electrons. The molecule has 1 aliphatic rings. The Morgan fingerprint density at radius 2 is 1.90 bits per heavy atom. The van der Waals surface area contributed by atoms with Crippen molar-refractivity contribution in [3.8, 4) is 5.75 Å². The monoisotopic (exact) mass is 428 g/mol. The third-order valence-electron chi connectivity index (χ3n) is 5.30. The molecule has 2 atom stereocenters. The van der Waals surface area contributed by atoms with Crippen LogP contribution in [-0.2, 0) is 6.61 Å². The number of carbonyl (C=O) groups excluding carboxylic acids is 1. The van der Waals surface area contributed by atoms with Crippen molar-refractivity contribution in [3.63, 3.8) is 0 Å². The van der Waals surface area contributed by atoms with Crippen molar-refractivity contribution in [2.75, 3.05) is 19.6 Å². The summed E-state index contributed by atoms with van der Waals surface area (Å²) in [6, 6.07) is 17.5. The van der Waals surface area contributed by atoms with E-state index in [2.05, 4.69) is 22.3 Å². The zero-order valence-electron chi connectivity index (χ0n) is 16.7. The van der Waals surface area contributed by atoms with E-state index in [9.17, 15) is 4.79 Å². The fourth-order valence-electron chi connectivity index (χ4n) is 3.84. The van der Waals surface area contributed by atoms with Crippen molar-refractivity contribution in [1.29, 1.82) is 0 Å². The third kappa shape index (κ3) is 4.63. The Bertz CT molecular complexity index is 979. The molecule has 0 bridgehead atoms. The van der Waals surface area contributed by atoms with Crippen LogP contribution >= 0.6 is 12.4 Å². The summed E-state index contributed by atoms with van der Waals surface area (Å²) in [5.74, 6) is 1.84. The van der Waals surface area contributed by atoms with Crippen LogP contribution in [0.15, 0.2) is 59.1 Å². The molecule has 7 nitrogen and oxygen atoms in total. The van der Waals surface area contributed by atoms with Gasteiger partial charge in [0.15, 0.2) is 6.61 Å². The van der Waals surface area contributed by atoms with Gasteiger partial charge in [-0.15, -0.1) is 12.4 Å². The first-order valence-corrected chi connectivity index (χ1v) is 9.71. The highest BCUT2D eigenvalue weighted by molar-refractivity contribution is 5.97. The van der Waals surface area contributed by atoms with Gasteiger partial charge < -0.3 is 19.9 Å². The van der Waals surface area contributed by atoms with Gasteiger partial charge >= 0.3 is 0 Å². The van der Waals surface area contributed by atoms with Crippen LogP contribution in [-0.4, -0.2) is 40.6 Å². The number of nitrogens with zero attached hydrogens (tertiary/aromatic N) is 3. The standard InChI is InChI=1S/C22H24N4O3.ClH/c1-15-24-21(25-29-15)14-28-20-10-6-5-9-18(20)22(27)26-12-17(11-23)19(13-26)16-7-3-2-4-8-16;/h2-10,17,19H,11-14,23H2,1H3;1H/t17-,19+;/m1./s1. The van der Waals surface area contributed by atoms with Gasteiger partial charge in [-0.3, -0.25) is 4.79 Å². The molecule has 0 aliphatic carbocycles. The van der Waals surface area contributed by atoms with E-state index in [1.807, 2.05) is 35.2 Å². The lowest BCUT2D eigenvalue weighted by atomic mass is 9.89. The van der Waals surface area contributed by atoms with E-state index in [-0.39, 0.29) is 36.8 Å². The van der Waals surface area contributed by atoms with Crippen LogP contribution in [0.4, 0.5) is 0 Å². The van der Waals surface area contributed by atoms with Crippen molar-refractivity contribution >= 4 is 18.3 Å². The summed E-state index contributed by atoms with van der Waals surface area (Å²) >= 11 is 0. The van der Waals surface area contributed by atoms with Crippen molar-refractivity contribution in [2.24, 2.45) is 11.7 Å². The van der Waals surface area contributed by atoms with Gasteiger partial charge in [0.05, 0.1) is 5.56 Å². The highest BCUT2D eigenvalue weighted by atomic mass is 35.5. The maximum atomic E-state index is 13.3. The Kier molecular flexibility index (Phi) is 7.07. The molecule has 158 valence electrons. The number of rotatable bonds is 6. The molecule has 3 aromatic rings. The van der Waals surface area contributed by atoms with Gasteiger partial charge in [0.1, 0.15) is 5.75 Å². The van der Waals surface area contributed by atoms with Gasteiger partial charge in [-0.25, -0.2) is 0 Å². The number of nitrogens with two attached hydrogens (primary N) is 1. The number of likely N-dealkylation sites (tertiary alicyclic amines) is 1. The Labute approximate surface area is 181 Å². The molecule has 2 heterocycles. The van der Waals surface area contributed by atoms with Gasteiger partial charge in [-0.05, 0) is 30.2 Å². The number of aryl methyl sites for hydroxylation is 1. The molecule has 1 amide bonds. The highest BCUT2D eigenvalue weighted by Crippen LogP contribution is 2.33. The number of hydrogen-bond acceptors (Lipinski definition) is 6. The van der Waals surface area contributed by atoms with Crippen LogP contribution in [0.3, 0.4) is 0 Å². The van der Waals surface area contributed by atoms with Crippen molar-refractivity contribution in [3.05, 3.63) is 77.4 Å². The number of aromatic nitrogens is 2. The second-order valence-corrected chi connectivity index (χ2v) is 7.24. The number of para-hydroxylation sites is 1. The van der Waals surface area contributed by atoms with Gasteiger partial charge in [0.25, 0.3) is 5.91 Å². The minimum Gasteiger partial charge on any atom is -0.485 e. The second kappa shape index (κ2) is 9.73. The maximum absolute atomic E-state index is 13.3. The van der Waals surface area contributed by atoms with E-state index < -0.39 is 0 Å². The summed E-state index contributed by atoms with van der Waals surface area (Å²) in [6.45, 7) is 3.67. The van der Waals surface area contributed by atoms with Gasteiger partial charge in [-0.2, -0.15) is 4.98 Å². The van der Waals surface area contributed by atoms with Crippen LogP contribution in [0, 0.1) is 12.8 Å². The zero-order chi connectivity index (χ0) is 20.2. The van der Waals surface area contributed by atoms with Crippen LogP contribution < -0.4 is 10.5 Å². The second-order valence-electron chi connectivity index (χ2n) is 7.24. The molecule has 0 spiro atoms. The molecular formula is C22H25ClN4O3. The molecule has 0 saturated carbocycles. The Hall–Kier alpha value is -2.90. The SMILES string of the molecule is Cc1nc(COc2ccccc2C(=O)N2C[C@@H](CN)[C@H](c3ccccc3)C2)no1.Cl. The number of ether oxygens (including phenoxy) is 1. The van der Waals surface area contributed by atoms with Crippen molar-refractivity contribution < 1.29 is 14.1 Å². The lowest BCUT2D eigenvalue weighted by Gasteiger charge is -2.18. The van der Waals surface area contributed by atoms with Crippen LogP contribution in [0.25, 0.3) is 0 Å². The fraction of sp³-hybridized carbons (Fsp3) is 0.318. The van der Waals surface area contributed by atoms with Crippen molar-refractivity contribution in [2.45, 2.75) is 19.4 Å². The largest absolute Gasteiger partial charge is 0.485 e. The Balaban J connectivity index is 0.00000256. The number of benzene rings is 2. The average molecular weight is 429 g/mol. The minimum atomic E-state index is -0.0539. The lowest BCUT2D eigenvalue weighted by molar-refractivity contribution is 0.0781. The van der Waals surface area contributed by atoms with Gasteiger partial charge in [0.2, 0.25) is 11.7 Å². The topological polar surface area (TPSA) is 94.5 Å². The summed E-state index contributed by atoms with van der Waals surface area (Å²) in [5, 5.41) is 3.83. The van der Waals surface area contributed by atoms with E-state index in [0.29, 0.717) is 42.7 Å². The minimum absolute atomic E-state index is 0. The molecular weight excluding hydrogens is 404 g/mol. The first-order valence-electron chi connectivity index (χ1n) is 9.71. The highest BCUT2D eigenvalue weighted by Gasteiger charge is 2.36. The summed E-state index contributed by atoms with van der Waals surface area (Å²) in [5.41, 5.74) is 7.76. The molecule has 2 aromatic carbocycles. The predicted molar refractivity (Wildman–Crippen MR) is 115 cm³/mol. The lowest BCUT2D eigenvalue weighted by Crippen LogP contribution is -2.30. The van der Waals surface area contributed by atoms with Gasteiger partial charge in [0, 0.05) is 25.9 Å². The maximum Gasteiger partial charge on any atom is 0.257 e. The van der Waals surface area contributed by atoms with Gasteiger partial charge in [-0.1, -0.05) is 47.6 Å². The number of amides is 1. The first-order chi connectivity index (χ1) is 14.2. The zero-order valence-corrected chi connectivity index (χ0v) is 17.5. The number of carbonyl (C=O) groups is 1. The normalized spacial score (nSPS) is 18.1. The van der Waals surface area contributed by atoms with Crippen LogP contribution in [0.1, 0.15) is 33.6 Å². The summed E-state index contributed by atoms with van der Waals surface area (Å²) in [7, 11) is 0. The molecule has 2 N–H and O–H groups in total. The first kappa shape index (κ1) is 21.8. The van der Waals surface area contributed by atoms with E-state index in [0.717, 1.165) is 0 Å². The van der Waals surface area contributed by atoms with Crippen molar-refractivity contribution in [1.82, 2.24) is 15.0 Å². The predicted octanol–water partition coefficient (Wildman–Crippen LogP) is 3.19. The number of hydrogen-bond donors (Lipinski definition) is 1. The molecule has 1 aromatic heterocycles. The van der Waals surface area contributed by atoms with E-state index >= 15 is 0 Å². The number of halogens is 1. The van der Waals surface area contributed by atoms with Crippen LogP contribution in [0.2, 0.25) is 0 Å². The third-order valence-corrected chi connectivity index (χ3v) is 5.30. The Morgan fingerprint density at radius 1 is 1.17 bits per heavy atom. The smallest absolute Gasteiger partial charge is 0.257 e. The quantitative estimate of drug-likeness (QED) is 0.647. The molecule has 1 fully saturated rings. The summed E-state index contributed by atoms with van der Waals surface area (Å²) in [6.07, 6.45) is 0. The summed E-state index contributed by atoms with van der Waals surface area (Å²) in [4.78, 5) is 19.3. The Morgan fingerprint density at radius 3 is 2.60 bits per heavy atom. The van der Waals surface area contributed by atoms with E-state index in [1.165, 1.54) is 5.56 Å². The molecule has 1 saturated heterocycles. The average Bonchev–Trinajstić information content (AvgIpc) is 3.38. The fourth-order valence-corrected chi connectivity index (χ4v) is 3.84. The molecule has 1 aliphatic heterocycles. The molecule has 0 unspecified atom stereocenters. The molecule has 30 heavy (non-hydrogen) atoms.